The predicted octanol–water partition coefficient (Wildman–Crippen LogP) is 2.75. The molecule has 0 radical (unpaired) electrons. The zero-order valence-corrected chi connectivity index (χ0v) is 11.5. The lowest BCUT2D eigenvalue weighted by molar-refractivity contribution is 0.384. The fourth-order valence-corrected chi connectivity index (χ4v) is 2.97. The summed E-state index contributed by atoms with van der Waals surface area (Å²) >= 11 is 0. The van der Waals surface area contributed by atoms with E-state index in [4.69, 9.17) is 5.11 Å². The third-order valence-corrected chi connectivity index (χ3v) is 4.03. The van der Waals surface area contributed by atoms with Gasteiger partial charge in [-0.2, -0.15) is 0 Å². The van der Waals surface area contributed by atoms with Crippen molar-refractivity contribution in [1.29, 1.82) is 0 Å². The fourth-order valence-electron chi connectivity index (χ4n) is 2.97. The van der Waals surface area contributed by atoms with E-state index in [1.807, 2.05) is 6.20 Å². The monoisotopic (exact) mass is 293 g/mol. The normalized spacial score (nSPS) is 21.8. The van der Waals surface area contributed by atoms with Crippen LogP contribution in [0.15, 0.2) is 30.9 Å². The lowest BCUT2D eigenvalue weighted by atomic mass is 10.1. The van der Waals surface area contributed by atoms with E-state index in [-0.39, 0.29) is 6.04 Å². The topological polar surface area (TPSA) is 50.1 Å². The summed E-state index contributed by atoms with van der Waals surface area (Å²) in [5, 5.41) is 12.4. The van der Waals surface area contributed by atoms with Crippen molar-refractivity contribution in [3.63, 3.8) is 0 Å². The first-order chi connectivity index (χ1) is 10.1. The van der Waals surface area contributed by atoms with Crippen LogP contribution in [0.25, 0.3) is 0 Å². The number of nitrogens with one attached hydrogen (secondary N) is 1. The standard InChI is InChI=1S/C15H17F2N3O/c16-11-6-10(7-12(17)15(11)21)8-19-13-2-1-3-14(13)20-5-4-18-9-20/h4-7,9,13-14,19,21H,1-3,8H2. The van der Waals surface area contributed by atoms with Gasteiger partial charge in [-0.3, -0.25) is 0 Å². The Morgan fingerprint density at radius 1 is 1.29 bits per heavy atom. The van der Waals surface area contributed by atoms with E-state index in [1.54, 1.807) is 12.5 Å². The van der Waals surface area contributed by atoms with Crippen LogP contribution in [0.5, 0.6) is 5.75 Å². The molecule has 1 aromatic heterocycles. The molecule has 6 heteroatoms. The second-order valence-corrected chi connectivity index (χ2v) is 5.40. The van der Waals surface area contributed by atoms with Crippen LogP contribution in [0.4, 0.5) is 8.78 Å². The van der Waals surface area contributed by atoms with Crippen LogP contribution in [-0.2, 0) is 6.54 Å². The van der Waals surface area contributed by atoms with Crippen molar-refractivity contribution < 1.29 is 13.9 Å². The van der Waals surface area contributed by atoms with Crippen LogP contribution < -0.4 is 5.32 Å². The molecule has 21 heavy (non-hydrogen) atoms. The van der Waals surface area contributed by atoms with Crippen molar-refractivity contribution in [3.8, 4) is 5.75 Å². The van der Waals surface area contributed by atoms with Crippen molar-refractivity contribution >= 4 is 0 Å². The largest absolute Gasteiger partial charge is 0.503 e. The Kier molecular flexibility index (Phi) is 3.88. The Morgan fingerprint density at radius 2 is 2.05 bits per heavy atom. The molecular weight excluding hydrogens is 276 g/mol. The summed E-state index contributed by atoms with van der Waals surface area (Å²) in [5.41, 5.74) is 0.485. The molecule has 1 saturated carbocycles. The van der Waals surface area contributed by atoms with E-state index in [1.165, 1.54) is 0 Å². The highest BCUT2D eigenvalue weighted by atomic mass is 19.1. The van der Waals surface area contributed by atoms with Crippen LogP contribution in [-0.4, -0.2) is 20.7 Å². The van der Waals surface area contributed by atoms with Crippen molar-refractivity contribution in [2.75, 3.05) is 0 Å². The van der Waals surface area contributed by atoms with E-state index >= 15 is 0 Å². The first-order valence-electron chi connectivity index (χ1n) is 7.03. The molecule has 0 spiro atoms. The van der Waals surface area contributed by atoms with Gasteiger partial charge in [-0.25, -0.2) is 13.8 Å². The Labute approximate surface area is 121 Å². The summed E-state index contributed by atoms with van der Waals surface area (Å²) in [5.74, 6) is -2.77. The molecule has 2 unspecified atom stereocenters. The summed E-state index contributed by atoms with van der Waals surface area (Å²) in [6.07, 6.45) is 8.67. The third kappa shape index (κ3) is 2.90. The number of benzene rings is 1. The maximum absolute atomic E-state index is 13.3. The average molecular weight is 293 g/mol. The van der Waals surface area contributed by atoms with Crippen LogP contribution in [0.3, 0.4) is 0 Å². The summed E-state index contributed by atoms with van der Waals surface area (Å²) in [6, 6.07) is 2.89. The SMILES string of the molecule is Oc1c(F)cc(CNC2CCCC2n2ccnc2)cc1F. The number of aromatic nitrogens is 2. The lowest BCUT2D eigenvalue weighted by Crippen LogP contribution is -2.33. The Morgan fingerprint density at radius 3 is 2.71 bits per heavy atom. The van der Waals surface area contributed by atoms with Gasteiger partial charge in [0.2, 0.25) is 0 Å². The second-order valence-electron chi connectivity index (χ2n) is 5.40. The molecular formula is C15H17F2N3O. The highest BCUT2D eigenvalue weighted by molar-refractivity contribution is 5.30. The van der Waals surface area contributed by atoms with E-state index in [2.05, 4.69) is 14.9 Å². The Bertz CT molecular complexity index is 592. The van der Waals surface area contributed by atoms with Crippen LogP contribution in [0.1, 0.15) is 30.9 Å². The first-order valence-corrected chi connectivity index (χ1v) is 7.03. The molecule has 112 valence electrons. The minimum Gasteiger partial charge on any atom is -0.503 e. The molecule has 0 saturated heterocycles. The quantitative estimate of drug-likeness (QED) is 0.911. The van der Waals surface area contributed by atoms with Gasteiger partial charge >= 0.3 is 0 Å². The number of imidazole rings is 1. The first kappa shape index (κ1) is 14.0. The average Bonchev–Trinajstić information content (AvgIpc) is 3.12. The maximum atomic E-state index is 13.3. The number of phenolic OH excluding ortho intramolecular Hbond substituents is 1. The molecule has 0 amide bonds. The van der Waals surface area contributed by atoms with Gasteiger partial charge in [-0.15, -0.1) is 0 Å². The Hall–Kier alpha value is -1.95. The number of hydrogen-bond donors (Lipinski definition) is 2. The van der Waals surface area contributed by atoms with Crippen LogP contribution >= 0.6 is 0 Å². The zero-order valence-electron chi connectivity index (χ0n) is 11.5. The van der Waals surface area contributed by atoms with Crippen molar-refractivity contribution in [2.24, 2.45) is 0 Å². The molecule has 1 aromatic carbocycles. The smallest absolute Gasteiger partial charge is 0.187 e. The molecule has 2 aromatic rings. The second kappa shape index (κ2) is 5.81. The molecule has 0 bridgehead atoms. The number of aromatic hydroxyl groups is 1. The molecule has 2 atom stereocenters. The zero-order chi connectivity index (χ0) is 14.8. The number of rotatable bonds is 4. The summed E-state index contributed by atoms with van der Waals surface area (Å²) in [6.45, 7) is 0.365. The van der Waals surface area contributed by atoms with E-state index in [9.17, 15) is 8.78 Å². The summed E-state index contributed by atoms with van der Waals surface area (Å²) in [4.78, 5) is 4.06. The van der Waals surface area contributed by atoms with Gasteiger partial charge in [0.15, 0.2) is 17.4 Å². The number of nitrogens with zero attached hydrogens (tertiary/aromatic N) is 2. The van der Waals surface area contributed by atoms with Crippen molar-refractivity contribution in [3.05, 3.63) is 48.1 Å². The molecule has 1 aliphatic rings. The van der Waals surface area contributed by atoms with E-state index in [0.29, 0.717) is 18.2 Å². The summed E-state index contributed by atoms with van der Waals surface area (Å²) < 4.78 is 28.7. The van der Waals surface area contributed by atoms with Crippen LogP contribution in [0, 0.1) is 11.6 Å². The highest BCUT2D eigenvalue weighted by Crippen LogP contribution is 2.30. The predicted molar refractivity (Wildman–Crippen MR) is 73.8 cm³/mol. The summed E-state index contributed by atoms with van der Waals surface area (Å²) in [7, 11) is 0. The minimum atomic E-state index is -0.926. The number of hydrogen-bond acceptors (Lipinski definition) is 3. The van der Waals surface area contributed by atoms with E-state index in [0.717, 1.165) is 31.4 Å². The van der Waals surface area contributed by atoms with E-state index < -0.39 is 17.4 Å². The van der Waals surface area contributed by atoms with Crippen molar-refractivity contribution in [1.82, 2.24) is 14.9 Å². The molecule has 1 heterocycles. The molecule has 2 N–H and O–H groups in total. The Balaban J connectivity index is 1.67. The highest BCUT2D eigenvalue weighted by Gasteiger charge is 2.27. The van der Waals surface area contributed by atoms with Gasteiger partial charge < -0.3 is 15.0 Å². The number of phenols is 1. The van der Waals surface area contributed by atoms with Crippen molar-refractivity contribution in [2.45, 2.75) is 37.9 Å². The lowest BCUT2D eigenvalue weighted by Gasteiger charge is -2.22. The van der Waals surface area contributed by atoms with Crippen LogP contribution in [0.2, 0.25) is 0 Å². The molecule has 3 rings (SSSR count). The molecule has 0 aliphatic heterocycles. The third-order valence-electron chi connectivity index (χ3n) is 4.03. The van der Waals surface area contributed by atoms with Gasteiger partial charge in [0.05, 0.1) is 6.33 Å². The number of halogens is 2. The van der Waals surface area contributed by atoms with Gasteiger partial charge in [0.1, 0.15) is 0 Å². The molecule has 1 aliphatic carbocycles. The van der Waals surface area contributed by atoms with Gasteiger partial charge in [-0.05, 0) is 37.0 Å². The fraction of sp³-hybridized carbons (Fsp3) is 0.400. The molecule has 1 fully saturated rings. The maximum Gasteiger partial charge on any atom is 0.187 e. The minimum absolute atomic E-state index is 0.249. The van der Waals surface area contributed by atoms with Gasteiger partial charge in [0, 0.05) is 31.0 Å². The molecule has 4 nitrogen and oxygen atoms in total. The van der Waals surface area contributed by atoms with Gasteiger partial charge in [0.25, 0.3) is 0 Å². The van der Waals surface area contributed by atoms with Gasteiger partial charge in [-0.1, -0.05) is 0 Å².